The average Bonchev–Trinajstić information content (AvgIpc) is 2.58. The molecule has 3 rings (SSSR count). The highest BCUT2D eigenvalue weighted by Gasteiger charge is 2.15. The molecule has 0 heterocycles. The van der Waals surface area contributed by atoms with Crippen molar-refractivity contribution in [3.8, 4) is 0 Å². The first-order chi connectivity index (χ1) is 11.2. The maximum Gasteiger partial charge on any atom is -0.0134 e. The lowest BCUT2D eigenvalue weighted by atomic mass is 10.0. The Bertz CT molecular complexity index is 675. The average molecular weight is 318 g/mol. The highest BCUT2D eigenvalue weighted by molar-refractivity contribution is 7.79. The second-order valence-corrected chi connectivity index (χ2v) is 8.49. The minimum absolute atomic E-state index is 0.479. The largest absolute Gasteiger partial charge is 0.0625 e. The van der Waals surface area contributed by atoms with Crippen molar-refractivity contribution in [3.63, 3.8) is 0 Å². The summed E-state index contributed by atoms with van der Waals surface area (Å²) in [6, 6.07) is 31.0. The van der Waals surface area contributed by atoms with Crippen molar-refractivity contribution in [2.45, 2.75) is 20.3 Å². The first-order valence-corrected chi connectivity index (χ1v) is 9.57. The van der Waals surface area contributed by atoms with Crippen molar-refractivity contribution in [3.05, 3.63) is 90.5 Å². The van der Waals surface area contributed by atoms with Crippen LogP contribution >= 0.6 is 7.92 Å². The molecule has 0 aliphatic rings. The topological polar surface area (TPSA) is 0 Å². The minimum Gasteiger partial charge on any atom is -0.0625 e. The van der Waals surface area contributed by atoms with Gasteiger partial charge in [-0.1, -0.05) is 98.8 Å². The van der Waals surface area contributed by atoms with Gasteiger partial charge in [-0.3, -0.25) is 0 Å². The molecule has 0 spiro atoms. The van der Waals surface area contributed by atoms with Gasteiger partial charge in [0, 0.05) is 0 Å². The SMILES string of the molecule is CC(C)Cc1ccc(P(c2ccccc2)c2ccccc2)cc1. The molecular weight excluding hydrogens is 295 g/mol. The van der Waals surface area contributed by atoms with Crippen LogP contribution in [-0.4, -0.2) is 0 Å². The van der Waals surface area contributed by atoms with E-state index >= 15 is 0 Å². The monoisotopic (exact) mass is 318 g/mol. The standard InChI is InChI=1S/C22H23P/c1-18(2)17-19-13-15-22(16-14-19)23(20-9-5-3-6-10-20)21-11-7-4-8-12-21/h3-16,18H,17H2,1-2H3. The van der Waals surface area contributed by atoms with Gasteiger partial charge < -0.3 is 0 Å². The van der Waals surface area contributed by atoms with E-state index in [1.807, 2.05) is 0 Å². The van der Waals surface area contributed by atoms with Gasteiger partial charge in [0.2, 0.25) is 0 Å². The summed E-state index contributed by atoms with van der Waals surface area (Å²) < 4.78 is 0. The predicted molar refractivity (Wildman–Crippen MR) is 104 cm³/mol. The Morgan fingerprint density at radius 1 is 0.609 bits per heavy atom. The molecule has 0 aliphatic carbocycles. The van der Waals surface area contributed by atoms with Crippen LogP contribution in [0, 0.1) is 5.92 Å². The van der Waals surface area contributed by atoms with E-state index < -0.39 is 7.92 Å². The fourth-order valence-corrected chi connectivity index (χ4v) is 5.14. The van der Waals surface area contributed by atoms with E-state index in [4.69, 9.17) is 0 Å². The van der Waals surface area contributed by atoms with Gasteiger partial charge in [-0.15, -0.1) is 0 Å². The van der Waals surface area contributed by atoms with Crippen LogP contribution in [0.3, 0.4) is 0 Å². The third-order valence-electron chi connectivity index (χ3n) is 3.87. The fraction of sp³-hybridized carbons (Fsp3) is 0.182. The summed E-state index contributed by atoms with van der Waals surface area (Å²) in [5.74, 6) is 0.700. The van der Waals surface area contributed by atoms with Crippen LogP contribution in [0.25, 0.3) is 0 Å². The van der Waals surface area contributed by atoms with Gasteiger partial charge >= 0.3 is 0 Å². The van der Waals surface area contributed by atoms with Crippen LogP contribution in [-0.2, 0) is 6.42 Å². The van der Waals surface area contributed by atoms with Gasteiger partial charge in [0.25, 0.3) is 0 Å². The second-order valence-electron chi connectivity index (χ2n) is 6.27. The van der Waals surface area contributed by atoms with Gasteiger partial charge in [0.1, 0.15) is 0 Å². The van der Waals surface area contributed by atoms with E-state index in [-0.39, 0.29) is 0 Å². The molecule has 0 saturated heterocycles. The molecule has 0 nitrogen and oxygen atoms in total. The Morgan fingerprint density at radius 2 is 1.04 bits per heavy atom. The Hall–Kier alpha value is -1.91. The number of hydrogen-bond donors (Lipinski definition) is 0. The molecule has 0 saturated carbocycles. The van der Waals surface area contributed by atoms with Crippen LogP contribution in [0.5, 0.6) is 0 Å². The maximum atomic E-state index is 2.32. The molecule has 1 heteroatoms. The van der Waals surface area contributed by atoms with E-state index in [0.717, 1.165) is 6.42 Å². The van der Waals surface area contributed by atoms with Crippen LogP contribution < -0.4 is 15.9 Å². The van der Waals surface area contributed by atoms with Gasteiger partial charge in [0.15, 0.2) is 0 Å². The molecule has 0 radical (unpaired) electrons. The highest BCUT2D eigenvalue weighted by atomic mass is 31.1. The van der Waals surface area contributed by atoms with Crippen LogP contribution in [0.15, 0.2) is 84.9 Å². The molecule has 0 unspecified atom stereocenters. The Labute approximate surface area is 141 Å². The van der Waals surface area contributed by atoms with Crippen molar-refractivity contribution >= 4 is 23.8 Å². The van der Waals surface area contributed by atoms with Gasteiger partial charge in [-0.05, 0) is 41.7 Å². The fourth-order valence-electron chi connectivity index (χ4n) is 2.85. The van der Waals surface area contributed by atoms with Crippen molar-refractivity contribution < 1.29 is 0 Å². The van der Waals surface area contributed by atoms with Gasteiger partial charge in [-0.2, -0.15) is 0 Å². The van der Waals surface area contributed by atoms with E-state index in [9.17, 15) is 0 Å². The first-order valence-electron chi connectivity index (χ1n) is 8.23. The molecule has 0 amide bonds. The summed E-state index contributed by atoms with van der Waals surface area (Å²) in [5.41, 5.74) is 1.43. The number of hydrogen-bond acceptors (Lipinski definition) is 0. The second kappa shape index (κ2) is 7.57. The molecule has 23 heavy (non-hydrogen) atoms. The van der Waals surface area contributed by atoms with E-state index in [1.54, 1.807) is 0 Å². The Morgan fingerprint density at radius 3 is 1.48 bits per heavy atom. The molecule has 0 N–H and O–H groups in total. The van der Waals surface area contributed by atoms with Crippen LogP contribution in [0.4, 0.5) is 0 Å². The van der Waals surface area contributed by atoms with Crippen LogP contribution in [0.1, 0.15) is 19.4 Å². The van der Waals surface area contributed by atoms with E-state index in [2.05, 4.69) is 98.8 Å². The zero-order chi connectivity index (χ0) is 16.1. The molecule has 0 atom stereocenters. The molecular formula is C22H23P. The number of benzene rings is 3. The predicted octanol–water partition coefficient (Wildman–Crippen LogP) is 4.64. The smallest absolute Gasteiger partial charge is 0.0134 e. The number of rotatable bonds is 5. The third kappa shape index (κ3) is 4.09. The summed E-state index contributed by atoms with van der Waals surface area (Å²) in [7, 11) is -0.479. The van der Waals surface area contributed by atoms with Crippen molar-refractivity contribution in [1.29, 1.82) is 0 Å². The Kier molecular flexibility index (Phi) is 5.26. The quantitative estimate of drug-likeness (QED) is 0.601. The first kappa shape index (κ1) is 16.0. The maximum absolute atomic E-state index is 2.32. The van der Waals surface area contributed by atoms with E-state index in [0.29, 0.717) is 5.92 Å². The zero-order valence-corrected chi connectivity index (χ0v) is 14.7. The molecule has 0 aliphatic heterocycles. The van der Waals surface area contributed by atoms with Gasteiger partial charge in [0.05, 0.1) is 0 Å². The molecule has 3 aromatic carbocycles. The summed E-state index contributed by atoms with van der Waals surface area (Å²) in [6.45, 7) is 4.55. The van der Waals surface area contributed by atoms with E-state index in [1.165, 1.54) is 21.5 Å². The normalized spacial score (nSPS) is 11.1. The lowest BCUT2D eigenvalue weighted by Gasteiger charge is -2.19. The van der Waals surface area contributed by atoms with Crippen molar-refractivity contribution in [2.24, 2.45) is 5.92 Å². The van der Waals surface area contributed by atoms with Crippen molar-refractivity contribution in [1.82, 2.24) is 0 Å². The summed E-state index contributed by atoms with van der Waals surface area (Å²) in [5, 5.41) is 4.24. The summed E-state index contributed by atoms with van der Waals surface area (Å²) >= 11 is 0. The minimum atomic E-state index is -0.479. The van der Waals surface area contributed by atoms with Crippen LogP contribution in [0.2, 0.25) is 0 Å². The highest BCUT2D eigenvalue weighted by Crippen LogP contribution is 2.32. The zero-order valence-electron chi connectivity index (χ0n) is 13.8. The molecule has 3 aromatic rings. The van der Waals surface area contributed by atoms with Crippen molar-refractivity contribution in [2.75, 3.05) is 0 Å². The molecule has 0 fully saturated rings. The Balaban J connectivity index is 1.99. The lowest BCUT2D eigenvalue weighted by molar-refractivity contribution is 0.647. The van der Waals surface area contributed by atoms with Gasteiger partial charge in [-0.25, -0.2) is 0 Å². The summed E-state index contributed by atoms with van der Waals surface area (Å²) in [6.07, 6.45) is 1.15. The lowest BCUT2D eigenvalue weighted by Crippen LogP contribution is -2.20. The molecule has 116 valence electrons. The molecule has 0 aromatic heterocycles. The third-order valence-corrected chi connectivity index (χ3v) is 6.31. The molecule has 0 bridgehead atoms. The summed E-state index contributed by atoms with van der Waals surface area (Å²) in [4.78, 5) is 0.